The summed E-state index contributed by atoms with van der Waals surface area (Å²) in [5, 5.41) is 11.9. The van der Waals surface area contributed by atoms with Gasteiger partial charge in [-0.25, -0.2) is 0 Å². The molecular formula is C10H23N3O2. The summed E-state index contributed by atoms with van der Waals surface area (Å²) in [4.78, 5) is 4.73. The van der Waals surface area contributed by atoms with Crippen molar-refractivity contribution in [3.05, 3.63) is 0 Å². The summed E-state index contributed by atoms with van der Waals surface area (Å²) in [6.45, 7) is 6.54. The summed E-state index contributed by atoms with van der Waals surface area (Å²) in [5.74, 6) is 0. The van der Waals surface area contributed by atoms with E-state index in [1.54, 1.807) is 7.05 Å². The standard InChI is InChI=1S/C10H23N3O2/c1-11-10(14)9-15-8-7-13-5-3-12(2)4-6-13/h10-11,14H,3-9H2,1-2H3. The first-order valence-electron chi connectivity index (χ1n) is 5.56. The molecule has 0 saturated carbocycles. The summed E-state index contributed by atoms with van der Waals surface area (Å²) in [5.41, 5.74) is 0. The Morgan fingerprint density at radius 1 is 1.33 bits per heavy atom. The van der Waals surface area contributed by atoms with E-state index >= 15 is 0 Å². The highest BCUT2D eigenvalue weighted by Gasteiger charge is 2.12. The van der Waals surface area contributed by atoms with Gasteiger partial charge >= 0.3 is 0 Å². The van der Waals surface area contributed by atoms with E-state index < -0.39 is 6.23 Å². The second-order valence-electron chi connectivity index (χ2n) is 4.02. The third-order valence-corrected chi connectivity index (χ3v) is 2.76. The van der Waals surface area contributed by atoms with E-state index in [0.717, 1.165) is 32.7 Å². The van der Waals surface area contributed by atoms with E-state index in [1.165, 1.54) is 0 Å². The van der Waals surface area contributed by atoms with Crippen LogP contribution in [0.25, 0.3) is 0 Å². The maximum Gasteiger partial charge on any atom is 0.128 e. The molecule has 1 aliphatic rings. The van der Waals surface area contributed by atoms with Gasteiger partial charge in [-0.3, -0.25) is 10.2 Å². The average Bonchev–Trinajstić information content (AvgIpc) is 2.26. The molecule has 1 aliphatic heterocycles. The van der Waals surface area contributed by atoms with Crippen LogP contribution in [0, 0.1) is 0 Å². The molecule has 1 fully saturated rings. The van der Waals surface area contributed by atoms with Crippen molar-refractivity contribution in [3.8, 4) is 0 Å². The second-order valence-corrected chi connectivity index (χ2v) is 4.02. The maximum atomic E-state index is 9.17. The molecule has 0 amide bonds. The van der Waals surface area contributed by atoms with E-state index in [0.29, 0.717) is 13.2 Å². The van der Waals surface area contributed by atoms with Crippen LogP contribution in [0.5, 0.6) is 0 Å². The normalized spacial score (nSPS) is 21.8. The Bertz CT molecular complexity index is 161. The molecule has 0 aromatic heterocycles. The molecule has 2 N–H and O–H groups in total. The van der Waals surface area contributed by atoms with Crippen LogP contribution >= 0.6 is 0 Å². The molecule has 1 rings (SSSR count). The van der Waals surface area contributed by atoms with Crippen LogP contribution in [0.1, 0.15) is 0 Å². The first kappa shape index (κ1) is 12.9. The quantitative estimate of drug-likeness (QED) is 0.432. The third-order valence-electron chi connectivity index (χ3n) is 2.76. The van der Waals surface area contributed by atoms with E-state index in [2.05, 4.69) is 22.2 Å². The van der Waals surface area contributed by atoms with Gasteiger partial charge in [0.25, 0.3) is 0 Å². The van der Waals surface area contributed by atoms with Crippen molar-refractivity contribution < 1.29 is 9.84 Å². The molecule has 1 atom stereocenters. The van der Waals surface area contributed by atoms with Crippen LogP contribution in [0.3, 0.4) is 0 Å². The Morgan fingerprint density at radius 3 is 2.60 bits per heavy atom. The molecule has 1 heterocycles. The SMILES string of the molecule is CNC(O)COCCN1CCN(C)CC1. The lowest BCUT2D eigenvalue weighted by atomic mass is 10.3. The first-order valence-corrected chi connectivity index (χ1v) is 5.56. The van der Waals surface area contributed by atoms with Gasteiger partial charge in [0.15, 0.2) is 0 Å². The molecule has 5 nitrogen and oxygen atoms in total. The number of nitrogens with one attached hydrogen (secondary N) is 1. The first-order chi connectivity index (χ1) is 7.22. The number of nitrogens with zero attached hydrogens (tertiary/aromatic N) is 2. The monoisotopic (exact) mass is 217 g/mol. The van der Waals surface area contributed by atoms with Crippen LogP contribution < -0.4 is 5.32 Å². The van der Waals surface area contributed by atoms with Crippen molar-refractivity contribution in [2.24, 2.45) is 0 Å². The van der Waals surface area contributed by atoms with Crippen molar-refractivity contribution >= 4 is 0 Å². The van der Waals surface area contributed by atoms with Crippen LogP contribution in [0.15, 0.2) is 0 Å². The lowest BCUT2D eigenvalue weighted by Crippen LogP contribution is -2.45. The topological polar surface area (TPSA) is 48.0 Å². The lowest BCUT2D eigenvalue weighted by Gasteiger charge is -2.32. The smallest absolute Gasteiger partial charge is 0.128 e. The van der Waals surface area contributed by atoms with E-state index in [-0.39, 0.29) is 0 Å². The summed E-state index contributed by atoms with van der Waals surface area (Å²) < 4.78 is 5.35. The Kier molecular flexibility index (Phi) is 6.12. The maximum absolute atomic E-state index is 9.17. The van der Waals surface area contributed by atoms with Gasteiger partial charge in [0.2, 0.25) is 0 Å². The Balaban J connectivity index is 1.96. The van der Waals surface area contributed by atoms with Gasteiger partial charge in [-0.1, -0.05) is 0 Å². The predicted molar refractivity (Wildman–Crippen MR) is 59.8 cm³/mol. The van der Waals surface area contributed by atoms with Gasteiger partial charge in [-0.05, 0) is 14.1 Å². The number of rotatable bonds is 6. The second kappa shape index (κ2) is 7.14. The molecule has 0 aliphatic carbocycles. The molecule has 0 spiro atoms. The summed E-state index contributed by atoms with van der Waals surface area (Å²) >= 11 is 0. The van der Waals surface area contributed by atoms with Gasteiger partial charge in [0, 0.05) is 32.7 Å². The molecule has 0 aromatic carbocycles. The van der Waals surface area contributed by atoms with Crippen molar-refractivity contribution in [3.63, 3.8) is 0 Å². The number of likely N-dealkylation sites (N-methyl/N-ethyl adjacent to an activating group) is 2. The van der Waals surface area contributed by atoms with Gasteiger partial charge in [0.1, 0.15) is 6.23 Å². The Morgan fingerprint density at radius 2 is 2.00 bits per heavy atom. The zero-order valence-corrected chi connectivity index (χ0v) is 9.78. The third kappa shape index (κ3) is 5.44. The van der Waals surface area contributed by atoms with Crippen LogP contribution in [-0.2, 0) is 4.74 Å². The fraction of sp³-hybridized carbons (Fsp3) is 1.00. The molecule has 1 saturated heterocycles. The van der Waals surface area contributed by atoms with Gasteiger partial charge < -0.3 is 14.7 Å². The average molecular weight is 217 g/mol. The number of aliphatic hydroxyl groups is 1. The highest BCUT2D eigenvalue weighted by molar-refractivity contribution is 4.68. The lowest BCUT2D eigenvalue weighted by molar-refractivity contribution is 0.0111. The Labute approximate surface area is 92.0 Å². The minimum atomic E-state index is -0.544. The molecule has 0 aromatic rings. The zero-order chi connectivity index (χ0) is 11.1. The minimum absolute atomic E-state index is 0.365. The molecular weight excluding hydrogens is 194 g/mol. The molecule has 15 heavy (non-hydrogen) atoms. The van der Waals surface area contributed by atoms with Crippen molar-refractivity contribution in [1.29, 1.82) is 0 Å². The van der Waals surface area contributed by atoms with E-state index in [9.17, 15) is 5.11 Å². The van der Waals surface area contributed by atoms with Gasteiger partial charge in [-0.2, -0.15) is 0 Å². The van der Waals surface area contributed by atoms with Gasteiger partial charge in [-0.15, -0.1) is 0 Å². The van der Waals surface area contributed by atoms with Crippen LogP contribution in [0.2, 0.25) is 0 Å². The van der Waals surface area contributed by atoms with E-state index in [4.69, 9.17) is 4.74 Å². The molecule has 1 unspecified atom stereocenters. The zero-order valence-electron chi connectivity index (χ0n) is 9.78. The number of hydrogen-bond donors (Lipinski definition) is 2. The van der Waals surface area contributed by atoms with Gasteiger partial charge in [0.05, 0.1) is 13.2 Å². The van der Waals surface area contributed by atoms with E-state index in [1.807, 2.05) is 0 Å². The predicted octanol–water partition coefficient (Wildman–Crippen LogP) is -1.21. The fourth-order valence-corrected chi connectivity index (χ4v) is 1.54. The van der Waals surface area contributed by atoms with Crippen molar-refractivity contribution in [2.75, 3.05) is 60.0 Å². The number of piperazine rings is 1. The molecule has 0 radical (unpaired) electrons. The minimum Gasteiger partial charge on any atom is -0.376 e. The number of ether oxygens (including phenoxy) is 1. The summed E-state index contributed by atoms with van der Waals surface area (Å²) in [7, 11) is 3.87. The molecule has 0 bridgehead atoms. The molecule has 5 heteroatoms. The number of hydrogen-bond acceptors (Lipinski definition) is 5. The summed E-state index contributed by atoms with van der Waals surface area (Å²) in [6.07, 6.45) is -0.544. The fourth-order valence-electron chi connectivity index (χ4n) is 1.54. The summed E-state index contributed by atoms with van der Waals surface area (Å²) in [6, 6.07) is 0. The highest BCUT2D eigenvalue weighted by Crippen LogP contribution is 1.98. The van der Waals surface area contributed by atoms with Crippen molar-refractivity contribution in [2.45, 2.75) is 6.23 Å². The van der Waals surface area contributed by atoms with Crippen LogP contribution in [0.4, 0.5) is 0 Å². The van der Waals surface area contributed by atoms with Crippen molar-refractivity contribution in [1.82, 2.24) is 15.1 Å². The molecule has 90 valence electrons. The highest BCUT2D eigenvalue weighted by atomic mass is 16.5. The Hall–Kier alpha value is -0.200. The number of aliphatic hydroxyl groups excluding tert-OH is 1. The van der Waals surface area contributed by atoms with Crippen LogP contribution in [-0.4, -0.2) is 81.2 Å². The largest absolute Gasteiger partial charge is 0.376 e.